The lowest BCUT2D eigenvalue weighted by molar-refractivity contribution is -0.136. The Balaban J connectivity index is 1.48. The summed E-state index contributed by atoms with van der Waals surface area (Å²) in [6.45, 7) is 3.82. The van der Waals surface area contributed by atoms with Crippen molar-refractivity contribution in [3.05, 3.63) is 29.3 Å². The number of hydrogen-bond donors (Lipinski definition) is 3. The molecule has 0 aliphatic carbocycles. The van der Waals surface area contributed by atoms with E-state index in [4.69, 9.17) is 5.73 Å². The Morgan fingerprint density at radius 3 is 2.77 bits per heavy atom. The van der Waals surface area contributed by atoms with E-state index in [9.17, 15) is 14.4 Å². The van der Waals surface area contributed by atoms with Gasteiger partial charge in [-0.25, -0.2) is 0 Å². The van der Waals surface area contributed by atoms with Crippen LogP contribution in [0, 0.1) is 0 Å². The van der Waals surface area contributed by atoms with Gasteiger partial charge in [0.15, 0.2) is 0 Å². The molecule has 8 nitrogen and oxygen atoms in total. The van der Waals surface area contributed by atoms with Crippen molar-refractivity contribution in [1.82, 2.24) is 15.1 Å². The van der Waals surface area contributed by atoms with Gasteiger partial charge in [0.05, 0.1) is 6.04 Å². The van der Waals surface area contributed by atoms with Crippen LogP contribution < -0.4 is 16.4 Å². The fourth-order valence-corrected chi connectivity index (χ4v) is 3.97. The monoisotopic (exact) mass is 357 g/mol. The third kappa shape index (κ3) is 2.95. The van der Waals surface area contributed by atoms with Crippen LogP contribution in [0.15, 0.2) is 18.2 Å². The van der Waals surface area contributed by atoms with Crippen molar-refractivity contribution in [2.75, 3.05) is 31.5 Å². The van der Waals surface area contributed by atoms with Crippen LogP contribution in [0.4, 0.5) is 5.69 Å². The van der Waals surface area contributed by atoms with E-state index in [0.29, 0.717) is 31.1 Å². The molecule has 0 saturated carbocycles. The number of piperidine rings is 1. The van der Waals surface area contributed by atoms with Crippen LogP contribution >= 0.6 is 0 Å². The lowest BCUT2D eigenvalue weighted by Gasteiger charge is -2.40. The molecule has 2 fully saturated rings. The number of carbonyl (C=O) groups is 3. The minimum atomic E-state index is -0.579. The summed E-state index contributed by atoms with van der Waals surface area (Å²) in [6, 6.07) is 5.41. The standard InChI is InChI=1S/C18H23N5O3/c19-6-7-22-8-11(9-22)20-14-3-1-2-12-13(14)10-23(18(12)26)15-4-5-16(24)21-17(15)25/h1-3,11,15,20H,4-10,19H2,(H,21,24,25). The maximum Gasteiger partial charge on any atom is 0.255 e. The highest BCUT2D eigenvalue weighted by atomic mass is 16.2. The van der Waals surface area contributed by atoms with Crippen molar-refractivity contribution < 1.29 is 14.4 Å². The predicted molar refractivity (Wildman–Crippen MR) is 95.4 cm³/mol. The van der Waals surface area contributed by atoms with Gasteiger partial charge in [-0.15, -0.1) is 0 Å². The van der Waals surface area contributed by atoms with Gasteiger partial charge in [-0.1, -0.05) is 6.07 Å². The normalized spacial score (nSPS) is 23.7. The Morgan fingerprint density at radius 2 is 2.04 bits per heavy atom. The van der Waals surface area contributed by atoms with E-state index in [-0.39, 0.29) is 24.1 Å². The number of imide groups is 1. The van der Waals surface area contributed by atoms with E-state index >= 15 is 0 Å². The number of likely N-dealkylation sites (tertiary alicyclic amines) is 1. The molecule has 26 heavy (non-hydrogen) atoms. The summed E-state index contributed by atoms with van der Waals surface area (Å²) in [5.74, 6) is -0.797. The number of hydrogen-bond acceptors (Lipinski definition) is 6. The molecule has 4 N–H and O–H groups in total. The zero-order valence-corrected chi connectivity index (χ0v) is 14.5. The summed E-state index contributed by atoms with van der Waals surface area (Å²) in [5, 5.41) is 5.85. The van der Waals surface area contributed by atoms with Gasteiger partial charge >= 0.3 is 0 Å². The zero-order chi connectivity index (χ0) is 18.3. The predicted octanol–water partition coefficient (Wildman–Crippen LogP) is -0.498. The molecule has 3 aliphatic rings. The first-order valence-corrected chi connectivity index (χ1v) is 9.02. The zero-order valence-electron chi connectivity index (χ0n) is 14.5. The van der Waals surface area contributed by atoms with Crippen LogP contribution in [0.3, 0.4) is 0 Å². The molecule has 1 unspecified atom stereocenters. The number of carbonyl (C=O) groups excluding carboxylic acids is 3. The molecule has 1 atom stereocenters. The van der Waals surface area contributed by atoms with Crippen LogP contribution in [0.5, 0.6) is 0 Å². The first-order valence-electron chi connectivity index (χ1n) is 9.02. The third-order valence-electron chi connectivity index (χ3n) is 5.34. The minimum Gasteiger partial charge on any atom is -0.379 e. The van der Waals surface area contributed by atoms with Gasteiger partial charge in [0, 0.05) is 56.0 Å². The van der Waals surface area contributed by atoms with Crippen molar-refractivity contribution in [2.45, 2.75) is 31.5 Å². The molecule has 0 radical (unpaired) electrons. The molecule has 0 aromatic heterocycles. The third-order valence-corrected chi connectivity index (χ3v) is 5.34. The quantitative estimate of drug-likeness (QED) is 0.614. The Kier molecular flexibility index (Phi) is 4.37. The van der Waals surface area contributed by atoms with E-state index in [0.717, 1.165) is 30.9 Å². The molecule has 3 aliphatic heterocycles. The highest BCUT2D eigenvalue weighted by Crippen LogP contribution is 2.33. The number of nitrogens with zero attached hydrogens (tertiary/aromatic N) is 2. The fraction of sp³-hybridized carbons (Fsp3) is 0.500. The van der Waals surface area contributed by atoms with Crippen LogP contribution in [0.1, 0.15) is 28.8 Å². The van der Waals surface area contributed by atoms with Gasteiger partial charge in [-0.2, -0.15) is 0 Å². The molecule has 0 bridgehead atoms. The van der Waals surface area contributed by atoms with Gasteiger partial charge in [-0.3, -0.25) is 24.6 Å². The van der Waals surface area contributed by atoms with Crippen molar-refractivity contribution in [3.8, 4) is 0 Å². The first-order chi connectivity index (χ1) is 12.6. The Morgan fingerprint density at radius 1 is 1.23 bits per heavy atom. The summed E-state index contributed by atoms with van der Waals surface area (Å²) < 4.78 is 0. The first kappa shape index (κ1) is 17.0. The lowest BCUT2D eigenvalue weighted by Crippen LogP contribution is -2.55. The van der Waals surface area contributed by atoms with Gasteiger partial charge in [-0.05, 0) is 18.6 Å². The molecule has 8 heteroatoms. The molecule has 138 valence electrons. The molecule has 1 aromatic carbocycles. The number of rotatable bonds is 5. The number of amides is 3. The molecule has 4 rings (SSSR count). The van der Waals surface area contributed by atoms with Crippen LogP contribution in [0.2, 0.25) is 0 Å². The summed E-state index contributed by atoms with van der Waals surface area (Å²) >= 11 is 0. The highest BCUT2D eigenvalue weighted by molar-refractivity contribution is 6.06. The summed E-state index contributed by atoms with van der Waals surface area (Å²) in [7, 11) is 0. The van der Waals surface area contributed by atoms with E-state index in [1.807, 2.05) is 12.1 Å². The lowest BCUT2D eigenvalue weighted by atomic mass is 10.0. The number of anilines is 1. The van der Waals surface area contributed by atoms with E-state index < -0.39 is 6.04 Å². The van der Waals surface area contributed by atoms with Crippen molar-refractivity contribution in [1.29, 1.82) is 0 Å². The molecule has 1 aromatic rings. The van der Waals surface area contributed by atoms with E-state index in [1.165, 1.54) is 0 Å². The van der Waals surface area contributed by atoms with Gasteiger partial charge in [0.25, 0.3) is 5.91 Å². The average molecular weight is 357 g/mol. The van der Waals surface area contributed by atoms with Crippen LogP contribution in [0.25, 0.3) is 0 Å². The summed E-state index contributed by atoms with van der Waals surface area (Å²) in [6.07, 6.45) is 0.643. The molecular weight excluding hydrogens is 334 g/mol. The molecule has 3 amide bonds. The summed E-state index contributed by atoms with van der Waals surface area (Å²) in [4.78, 5) is 40.2. The number of nitrogens with two attached hydrogens (primary N) is 1. The maximum absolute atomic E-state index is 12.8. The fourth-order valence-electron chi connectivity index (χ4n) is 3.97. The van der Waals surface area contributed by atoms with Crippen molar-refractivity contribution in [2.24, 2.45) is 5.73 Å². The van der Waals surface area contributed by atoms with Crippen LogP contribution in [-0.4, -0.2) is 65.8 Å². The molecule has 2 saturated heterocycles. The van der Waals surface area contributed by atoms with Crippen molar-refractivity contribution in [3.63, 3.8) is 0 Å². The van der Waals surface area contributed by atoms with Crippen LogP contribution in [-0.2, 0) is 16.1 Å². The SMILES string of the molecule is NCCN1CC(Nc2cccc3c2CN(C2CCC(=O)NC2=O)C3=O)C1. The largest absolute Gasteiger partial charge is 0.379 e. The smallest absolute Gasteiger partial charge is 0.255 e. The average Bonchev–Trinajstić information content (AvgIpc) is 2.91. The molecule has 3 heterocycles. The number of benzene rings is 1. The van der Waals surface area contributed by atoms with E-state index in [1.54, 1.807) is 11.0 Å². The maximum atomic E-state index is 12.8. The van der Waals surface area contributed by atoms with Gasteiger partial charge in [0.1, 0.15) is 6.04 Å². The molecule has 0 spiro atoms. The molecular formula is C18H23N5O3. The topological polar surface area (TPSA) is 108 Å². The Labute approximate surface area is 151 Å². The highest BCUT2D eigenvalue weighted by Gasteiger charge is 2.40. The van der Waals surface area contributed by atoms with E-state index in [2.05, 4.69) is 15.5 Å². The van der Waals surface area contributed by atoms with Crippen molar-refractivity contribution >= 4 is 23.4 Å². The van der Waals surface area contributed by atoms with Gasteiger partial charge in [0.2, 0.25) is 11.8 Å². The second kappa shape index (κ2) is 6.69. The Bertz CT molecular complexity index is 759. The summed E-state index contributed by atoms with van der Waals surface area (Å²) in [5.41, 5.74) is 8.09. The second-order valence-corrected chi connectivity index (χ2v) is 7.12. The number of nitrogens with one attached hydrogen (secondary N) is 2. The van der Waals surface area contributed by atoms with Gasteiger partial charge < -0.3 is 16.0 Å². The second-order valence-electron chi connectivity index (χ2n) is 7.12. The minimum absolute atomic E-state index is 0.142. The Hall–Kier alpha value is -2.45. The number of fused-ring (bicyclic) bond motifs is 1.